The molecule has 47 heavy (non-hydrogen) atoms. The molecule has 10 rings (SSSR count). The Morgan fingerprint density at radius 2 is 0.766 bits per heavy atom. The fourth-order valence-corrected chi connectivity index (χ4v) is 7.90. The van der Waals surface area contributed by atoms with E-state index in [1.54, 1.807) is 0 Å². The zero-order valence-electron chi connectivity index (χ0n) is 25.4. The lowest BCUT2D eigenvalue weighted by Gasteiger charge is -2.17. The first kappa shape index (κ1) is 26.0. The highest BCUT2D eigenvalue weighted by Crippen LogP contribution is 2.45. The predicted octanol–water partition coefficient (Wildman–Crippen LogP) is 11.5. The Labute approximate surface area is 270 Å². The van der Waals surface area contributed by atoms with E-state index >= 15 is 0 Å². The lowest BCUT2D eigenvalue weighted by molar-refractivity contribution is 1.21. The summed E-state index contributed by atoms with van der Waals surface area (Å²) in [5.41, 5.74) is 9.06. The fourth-order valence-electron chi connectivity index (χ4n) is 7.90. The van der Waals surface area contributed by atoms with Crippen molar-refractivity contribution in [3.63, 3.8) is 0 Å². The number of rotatable bonds is 3. The van der Waals surface area contributed by atoms with E-state index in [9.17, 15) is 4.79 Å². The molecule has 2 aromatic heterocycles. The molecule has 0 saturated heterocycles. The molecule has 0 bridgehead atoms. The molecule has 0 spiro atoms. The van der Waals surface area contributed by atoms with E-state index in [1.807, 2.05) is 22.6 Å². The Morgan fingerprint density at radius 3 is 1.36 bits per heavy atom. The number of benzene rings is 8. The molecule has 218 valence electrons. The van der Waals surface area contributed by atoms with Crippen molar-refractivity contribution in [2.24, 2.45) is 0 Å². The maximum absolute atomic E-state index is 14.2. The minimum absolute atomic E-state index is 0.0245. The van der Waals surface area contributed by atoms with Crippen LogP contribution in [0.2, 0.25) is 0 Å². The van der Waals surface area contributed by atoms with Crippen LogP contribution < -0.4 is 5.56 Å². The summed E-state index contributed by atoms with van der Waals surface area (Å²) in [6.07, 6.45) is 0. The molecule has 2 heteroatoms. The van der Waals surface area contributed by atoms with Gasteiger partial charge in [-0.25, -0.2) is 0 Å². The van der Waals surface area contributed by atoms with Gasteiger partial charge in [0.05, 0.1) is 11.0 Å². The van der Waals surface area contributed by atoms with Crippen LogP contribution >= 0.6 is 0 Å². The Morgan fingerprint density at radius 1 is 0.319 bits per heavy atom. The summed E-state index contributed by atoms with van der Waals surface area (Å²) in [7, 11) is 0. The van der Waals surface area contributed by atoms with E-state index in [2.05, 4.69) is 146 Å². The fraction of sp³-hybridized carbons (Fsp3) is 0. The Bertz CT molecular complexity index is 2850. The monoisotopic (exact) mass is 597 g/mol. The second kappa shape index (κ2) is 9.87. The molecule has 0 saturated carbocycles. The highest BCUT2D eigenvalue weighted by molar-refractivity contribution is 6.24. The molecule has 10 aromatic rings. The second-order valence-electron chi connectivity index (χ2n) is 12.4. The van der Waals surface area contributed by atoms with E-state index in [-0.39, 0.29) is 5.56 Å². The molecule has 8 aromatic carbocycles. The third-order valence-electron chi connectivity index (χ3n) is 9.90. The van der Waals surface area contributed by atoms with Gasteiger partial charge in [-0.05, 0) is 90.6 Å². The van der Waals surface area contributed by atoms with Gasteiger partial charge in [-0.1, -0.05) is 133 Å². The third-order valence-corrected chi connectivity index (χ3v) is 9.90. The normalized spacial score (nSPS) is 11.9. The molecule has 0 radical (unpaired) electrons. The summed E-state index contributed by atoms with van der Waals surface area (Å²) in [4.78, 5) is 14.2. The van der Waals surface area contributed by atoms with Gasteiger partial charge in [-0.2, -0.15) is 0 Å². The van der Waals surface area contributed by atoms with E-state index < -0.39 is 0 Å². The number of hydrogen-bond acceptors (Lipinski definition) is 1. The van der Waals surface area contributed by atoms with Crippen molar-refractivity contribution in [3.05, 3.63) is 174 Å². The SMILES string of the molecule is O=c1c2ccccc2c2cc(-c3ccccc3)cc3c4cc(-c5c6ccccc6c(-c6ccccc6)c6ccccc56)ccc4n1c23. The van der Waals surface area contributed by atoms with Crippen LogP contribution in [0.25, 0.3) is 92.9 Å². The number of pyridine rings is 1. The lowest BCUT2D eigenvalue weighted by Crippen LogP contribution is -2.12. The van der Waals surface area contributed by atoms with E-state index in [0.717, 1.165) is 54.7 Å². The molecule has 0 aliphatic carbocycles. The predicted molar refractivity (Wildman–Crippen MR) is 199 cm³/mol. The standard InChI is InChI=1S/C45H27NO/c47-45-37-22-12-7-17-32(37)39-26-31(28-13-3-1-4-14-28)27-40-38-25-30(23-24-41(38)46(45)44(39)40)43-35-20-10-8-18-33(35)42(29-15-5-2-6-16-29)34-19-9-11-21-36(34)43/h1-27H. The zero-order chi connectivity index (χ0) is 31.1. The van der Waals surface area contributed by atoms with Crippen LogP contribution in [-0.4, -0.2) is 4.40 Å². The third kappa shape index (κ3) is 3.70. The molecule has 0 unspecified atom stereocenters. The van der Waals surface area contributed by atoms with E-state index in [1.165, 1.54) is 38.2 Å². The maximum atomic E-state index is 14.2. The molecule has 0 amide bonds. The smallest absolute Gasteiger partial charge is 0.263 e. The van der Waals surface area contributed by atoms with Crippen LogP contribution in [0.1, 0.15) is 0 Å². The lowest BCUT2D eigenvalue weighted by atomic mass is 9.86. The van der Waals surface area contributed by atoms with Crippen LogP contribution in [0, 0.1) is 0 Å². The zero-order valence-corrected chi connectivity index (χ0v) is 25.4. The van der Waals surface area contributed by atoms with E-state index in [0.29, 0.717) is 0 Å². The topological polar surface area (TPSA) is 21.5 Å². The van der Waals surface area contributed by atoms with E-state index in [4.69, 9.17) is 0 Å². The van der Waals surface area contributed by atoms with Crippen LogP contribution in [0.15, 0.2) is 169 Å². The van der Waals surface area contributed by atoms with Crippen LogP contribution in [0.3, 0.4) is 0 Å². The highest BCUT2D eigenvalue weighted by atomic mass is 16.1. The second-order valence-corrected chi connectivity index (χ2v) is 12.4. The van der Waals surface area contributed by atoms with Gasteiger partial charge < -0.3 is 0 Å². The minimum atomic E-state index is 0.0245. The maximum Gasteiger partial charge on any atom is 0.263 e. The number of nitrogens with zero attached hydrogens (tertiary/aromatic N) is 1. The Balaban J connectivity index is 1.36. The minimum Gasteiger partial charge on any atom is -0.275 e. The van der Waals surface area contributed by atoms with Gasteiger partial charge in [-0.15, -0.1) is 0 Å². The summed E-state index contributed by atoms with van der Waals surface area (Å²) in [5, 5.41) is 9.88. The molecular formula is C45H27NO. The van der Waals surface area contributed by atoms with Gasteiger partial charge in [0.1, 0.15) is 0 Å². The van der Waals surface area contributed by atoms with Crippen molar-refractivity contribution in [1.82, 2.24) is 4.40 Å². The first-order chi connectivity index (χ1) is 23.3. The van der Waals surface area contributed by atoms with Crippen molar-refractivity contribution in [2.75, 3.05) is 0 Å². The quantitative estimate of drug-likeness (QED) is 0.147. The van der Waals surface area contributed by atoms with Crippen molar-refractivity contribution < 1.29 is 0 Å². The molecule has 2 heterocycles. The summed E-state index contributed by atoms with van der Waals surface area (Å²) in [6, 6.07) is 58.0. The van der Waals surface area contributed by atoms with Gasteiger partial charge in [0.15, 0.2) is 0 Å². The summed E-state index contributed by atoms with van der Waals surface area (Å²) in [5.74, 6) is 0. The van der Waals surface area contributed by atoms with Crippen LogP contribution in [0.4, 0.5) is 0 Å². The van der Waals surface area contributed by atoms with Gasteiger partial charge in [0.2, 0.25) is 0 Å². The van der Waals surface area contributed by atoms with Crippen LogP contribution in [0.5, 0.6) is 0 Å². The number of aromatic nitrogens is 1. The van der Waals surface area contributed by atoms with Crippen molar-refractivity contribution in [3.8, 4) is 33.4 Å². The molecule has 0 fully saturated rings. The summed E-state index contributed by atoms with van der Waals surface area (Å²) < 4.78 is 1.94. The van der Waals surface area contributed by atoms with Gasteiger partial charge in [0, 0.05) is 21.5 Å². The average molecular weight is 598 g/mol. The average Bonchev–Trinajstić information content (AvgIpc) is 3.47. The number of fused-ring (bicyclic) bond motifs is 7. The largest absolute Gasteiger partial charge is 0.275 e. The first-order valence-electron chi connectivity index (χ1n) is 16.1. The van der Waals surface area contributed by atoms with Crippen molar-refractivity contribution >= 4 is 59.5 Å². The summed E-state index contributed by atoms with van der Waals surface area (Å²) >= 11 is 0. The molecular weight excluding hydrogens is 571 g/mol. The molecule has 2 nitrogen and oxygen atoms in total. The van der Waals surface area contributed by atoms with Crippen molar-refractivity contribution in [1.29, 1.82) is 0 Å². The van der Waals surface area contributed by atoms with Crippen molar-refractivity contribution in [2.45, 2.75) is 0 Å². The Hall–Kier alpha value is -6.25. The molecule has 0 N–H and O–H groups in total. The molecule has 0 atom stereocenters. The number of hydrogen-bond donors (Lipinski definition) is 0. The van der Waals surface area contributed by atoms with Gasteiger partial charge in [-0.3, -0.25) is 9.20 Å². The molecule has 0 aliphatic rings. The Kier molecular flexibility index (Phi) is 5.47. The van der Waals surface area contributed by atoms with Crippen LogP contribution in [-0.2, 0) is 0 Å². The highest BCUT2D eigenvalue weighted by Gasteiger charge is 2.21. The summed E-state index contributed by atoms with van der Waals surface area (Å²) in [6.45, 7) is 0. The molecule has 0 aliphatic heterocycles. The van der Waals surface area contributed by atoms with Gasteiger partial charge >= 0.3 is 0 Å². The van der Waals surface area contributed by atoms with Gasteiger partial charge in [0.25, 0.3) is 5.56 Å². The first-order valence-corrected chi connectivity index (χ1v) is 16.1.